The maximum atomic E-state index is 5.76. The summed E-state index contributed by atoms with van der Waals surface area (Å²) in [5.41, 5.74) is 2.33. The van der Waals surface area contributed by atoms with E-state index in [4.69, 9.17) is 4.74 Å². The van der Waals surface area contributed by atoms with E-state index in [2.05, 4.69) is 40.0 Å². The molecule has 0 aliphatic carbocycles. The third-order valence-corrected chi connectivity index (χ3v) is 4.21. The van der Waals surface area contributed by atoms with E-state index in [1.54, 1.807) is 0 Å². The normalized spacial score (nSPS) is 10.7. The number of hydrogen-bond acceptors (Lipinski definition) is 3. The molecule has 96 valence electrons. The Labute approximate surface area is 115 Å². The fourth-order valence-corrected chi connectivity index (χ4v) is 1.94. The Hall–Kier alpha value is -1.36. The molecule has 0 fully saturated rings. The van der Waals surface area contributed by atoms with Gasteiger partial charge >= 0.3 is 0 Å². The van der Waals surface area contributed by atoms with Crippen molar-refractivity contribution in [2.75, 3.05) is 0 Å². The predicted molar refractivity (Wildman–Crippen MR) is 73.7 cm³/mol. The van der Waals surface area contributed by atoms with Crippen LogP contribution in [0.25, 0.3) is 0 Å². The smallest absolute Gasteiger partial charge is 0.170 e. The second kappa shape index (κ2) is 5.10. The highest BCUT2D eigenvalue weighted by molar-refractivity contribution is 9.10. The van der Waals surface area contributed by atoms with E-state index in [1.807, 2.05) is 30.7 Å². The van der Waals surface area contributed by atoms with Gasteiger partial charge in [0.1, 0.15) is 18.2 Å². The maximum absolute atomic E-state index is 5.76. The number of ether oxygens (including phenoxy) is 1. The molecule has 0 N–H and O–H groups in total. The molecule has 0 saturated carbocycles. The molecule has 4 nitrogen and oxygen atoms in total. The largest absolute Gasteiger partial charge is 0.486 e. The van der Waals surface area contributed by atoms with Crippen molar-refractivity contribution in [1.82, 2.24) is 14.8 Å². The van der Waals surface area contributed by atoms with Crippen LogP contribution in [-0.2, 0) is 13.7 Å². The fourth-order valence-electron chi connectivity index (χ4n) is 1.71. The Balaban J connectivity index is 2.13. The minimum absolute atomic E-state index is 0.428. The van der Waals surface area contributed by atoms with E-state index in [-0.39, 0.29) is 0 Å². The lowest BCUT2D eigenvalue weighted by Crippen LogP contribution is -2.04. The van der Waals surface area contributed by atoms with Crippen LogP contribution in [0, 0.1) is 20.8 Å². The fraction of sp³-hybridized carbons (Fsp3) is 0.385. The second-order valence-corrected chi connectivity index (χ2v) is 5.18. The third-order valence-electron chi connectivity index (χ3n) is 2.96. The van der Waals surface area contributed by atoms with Crippen LogP contribution in [0.5, 0.6) is 5.75 Å². The van der Waals surface area contributed by atoms with Crippen molar-refractivity contribution in [2.24, 2.45) is 7.05 Å². The third kappa shape index (κ3) is 2.56. The average Bonchev–Trinajstić information content (AvgIpc) is 2.64. The van der Waals surface area contributed by atoms with Gasteiger partial charge in [-0.2, -0.15) is 0 Å². The van der Waals surface area contributed by atoms with Crippen LogP contribution in [-0.4, -0.2) is 14.8 Å². The molecule has 1 aromatic carbocycles. The van der Waals surface area contributed by atoms with Crippen LogP contribution in [0.3, 0.4) is 0 Å². The number of nitrogens with zero attached hydrogens (tertiary/aromatic N) is 3. The van der Waals surface area contributed by atoms with E-state index in [9.17, 15) is 0 Å². The van der Waals surface area contributed by atoms with E-state index >= 15 is 0 Å². The lowest BCUT2D eigenvalue weighted by atomic mass is 10.1. The van der Waals surface area contributed by atoms with Crippen molar-refractivity contribution in [2.45, 2.75) is 27.4 Å². The van der Waals surface area contributed by atoms with E-state index < -0.39 is 0 Å². The van der Waals surface area contributed by atoms with Gasteiger partial charge in [0.2, 0.25) is 0 Å². The summed E-state index contributed by atoms with van der Waals surface area (Å²) in [7, 11) is 1.94. The van der Waals surface area contributed by atoms with Gasteiger partial charge in [-0.25, -0.2) is 0 Å². The molecule has 0 amide bonds. The van der Waals surface area contributed by atoms with Crippen molar-refractivity contribution in [1.29, 1.82) is 0 Å². The van der Waals surface area contributed by atoms with Gasteiger partial charge in [0.15, 0.2) is 5.82 Å². The van der Waals surface area contributed by atoms with Gasteiger partial charge in [0.25, 0.3) is 0 Å². The Morgan fingerprint density at radius 1 is 1.17 bits per heavy atom. The van der Waals surface area contributed by atoms with Crippen molar-refractivity contribution in [3.63, 3.8) is 0 Å². The van der Waals surface area contributed by atoms with Crippen molar-refractivity contribution in [3.8, 4) is 5.75 Å². The Morgan fingerprint density at radius 2 is 1.78 bits per heavy atom. The highest BCUT2D eigenvalue weighted by atomic mass is 79.9. The number of hydrogen-bond donors (Lipinski definition) is 0. The standard InChI is InChI=1S/C13H16BrN3O/c1-8-5-11(6-9(2)13(8)14)18-7-12-16-15-10(3)17(12)4/h5-6H,7H2,1-4H3. The number of benzene rings is 1. The first-order valence-electron chi connectivity index (χ1n) is 5.73. The Kier molecular flexibility index (Phi) is 3.71. The molecule has 2 aromatic rings. The predicted octanol–water partition coefficient (Wildman–Crippen LogP) is 3.08. The summed E-state index contributed by atoms with van der Waals surface area (Å²) in [6, 6.07) is 4.03. The highest BCUT2D eigenvalue weighted by Crippen LogP contribution is 2.26. The van der Waals surface area contributed by atoms with Crippen LogP contribution < -0.4 is 4.74 Å². The molecular weight excluding hydrogens is 294 g/mol. The molecule has 2 rings (SSSR count). The first kappa shape index (κ1) is 13.1. The first-order valence-corrected chi connectivity index (χ1v) is 6.52. The maximum Gasteiger partial charge on any atom is 0.170 e. The van der Waals surface area contributed by atoms with E-state index in [0.717, 1.165) is 21.9 Å². The molecule has 0 bridgehead atoms. The van der Waals surface area contributed by atoms with Crippen LogP contribution in [0.4, 0.5) is 0 Å². The number of halogens is 1. The highest BCUT2D eigenvalue weighted by Gasteiger charge is 2.07. The summed E-state index contributed by atoms with van der Waals surface area (Å²) < 4.78 is 8.82. The number of rotatable bonds is 3. The minimum atomic E-state index is 0.428. The molecular formula is C13H16BrN3O. The van der Waals surface area contributed by atoms with Crippen molar-refractivity contribution < 1.29 is 4.74 Å². The van der Waals surface area contributed by atoms with Gasteiger partial charge in [0.05, 0.1) is 0 Å². The SMILES string of the molecule is Cc1cc(OCc2nnc(C)n2C)cc(C)c1Br. The molecule has 0 aliphatic heterocycles. The number of aromatic nitrogens is 3. The zero-order valence-corrected chi connectivity index (χ0v) is 12.6. The summed E-state index contributed by atoms with van der Waals surface area (Å²) in [5.74, 6) is 2.57. The lowest BCUT2D eigenvalue weighted by molar-refractivity contribution is 0.290. The summed E-state index contributed by atoms with van der Waals surface area (Å²) in [4.78, 5) is 0. The molecule has 0 saturated heterocycles. The van der Waals surface area contributed by atoms with E-state index in [1.165, 1.54) is 11.1 Å². The summed E-state index contributed by atoms with van der Waals surface area (Å²) >= 11 is 3.54. The van der Waals surface area contributed by atoms with Crippen LogP contribution in [0.2, 0.25) is 0 Å². The zero-order valence-electron chi connectivity index (χ0n) is 11.0. The summed E-state index contributed by atoms with van der Waals surface area (Å²) in [5, 5.41) is 8.07. The summed E-state index contributed by atoms with van der Waals surface area (Å²) in [6.45, 7) is 6.45. The van der Waals surface area contributed by atoms with Gasteiger partial charge in [-0.05, 0) is 44.0 Å². The second-order valence-electron chi connectivity index (χ2n) is 4.38. The monoisotopic (exact) mass is 309 g/mol. The zero-order chi connectivity index (χ0) is 13.3. The van der Waals surface area contributed by atoms with E-state index in [0.29, 0.717) is 6.61 Å². The quantitative estimate of drug-likeness (QED) is 0.874. The molecule has 1 aromatic heterocycles. The Bertz CT molecular complexity index is 555. The molecule has 18 heavy (non-hydrogen) atoms. The molecule has 0 atom stereocenters. The summed E-state index contributed by atoms with van der Waals surface area (Å²) in [6.07, 6.45) is 0. The molecule has 1 heterocycles. The van der Waals surface area contributed by atoms with Crippen molar-refractivity contribution >= 4 is 15.9 Å². The topological polar surface area (TPSA) is 39.9 Å². The molecule has 0 spiro atoms. The minimum Gasteiger partial charge on any atom is -0.486 e. The lowest BCUT2D eigenvalue weighted by Gasteiger charge is -2.09. The molecule has 0 radical (unpaired) electrons. The van der Waals surface area contributed by atoms with Gasteiger partial charge < -0.3 is 9.30 Å². The van der Waals surface area contributed by atoms with Crippen molar-refractivity contribution in [3.05, 3.63) is 39.4 Å². The molecule has 5 heteroatoms. The van der Waals surface area contributed by atoms with Gasteiger partial charge in [-0.3, -0.25) is 0 Å². The van der Waals surface area contributed by atoms with Crippen LogP contribution in [0.1, 0.15) is 22.8 Å². The Morgan fingerprint density at radius 3 is 2.28 bits per heavy atom. The molecule has 0 unspecified atom stereocenters. The van der Waals surface area contributed by atoms with Gasteiger partial charge in [-0.1, -0.05) is 15.9 Å². The van der Waals surface area contributed by atoms with Gasteiger partial charge in [-0.15, -0.1) is 10.2 Å². The van der Waals surface area contributed by atoms with Gasteiger partial charge in [0, 0.05) is 11.5 Å². The first-order chi connectivity index (χ1) is 8.49. The van der Waals surface area contributed by atoms with Crippen LogP contribution >= 0.6 is 15.9 Å². The van der Waals surface area contributed by atoms with Crippen LogP contribution in [0.15, 0.2) is 16.6 Å². The average molecular weight is 310 g/mol. The molecule has 0 aliphatic rings. The number of aryl methyl sites for hydroxylation is 3.